The zero-order valence-corrected chi connectivity index (χ0v) is 14.1. The minimum absolute atomic E-state index is 0.0671. The SMILES string of the molecule is Cc1cccc(C(=O)Nc2ccn3c2CSC3c2cccnc2)c1. The summed E-state index contributed by atoms with van der Waals surface area (Å²) in [4.78, 5) is 16.7. The minimum Gasteiger partial charge on any atom is -0.332 e. The van der Waals surface area contributed by atoms with Crippen LogP contribution in [0, 0.1) is 6.92 Å². The summed E-state index contributed by atoms with van der Waals surface area (Å²) in [7, 11) is 0. The van der Waals surface area contributed by atoms with Gasteiger partial charge in [-0.2, -0.15) is 0 Å². The monoisotopic (exact) mass is 335 g/mol. The van der Waals surface area contributed by atoms with Crippen LogP contribution in [0.15, 0.2) is 61.1 Å². The zero-order valence-electron chi connectivity index (χ0n) is 13.3. The van der Waals surface area contributed by atoms with E-state index in [1.165, 1.54) is 5.56 Å². The molecule has 4 nitrogen and oxygen atoms in total. The molecule has 1 aliphatic heterocycles. The number of amides is 1. The first kappa shape index (κ1) is 15.0. The third-order valence-corrected chi connectivity index (χ3v) is 5.41. The topological polar surface area (TPSA) is 46.9 Å². The van der Waals surface area contributed by atoms with Gasteiger partial charge in [-0.3, -0.25) is 9.78 Å². The predicted molar refractivity (Wildman–Crippen MR) is 97.2 cm³/mol. The van der Waals surface area contributed by atoms with Crippen LogP contribution >= 0.6 is 11.8 Å². The number of nitrogens with zero attached hydrogens (tertiary/aromatic N) is 2. The second-order valence-corrected chi connectivity index (χ2v) is 6.93. The highest BCUT2D eigenvalue weighted by Gasteiger charge is 2.26. The van der Waals surface area contributed by atoms with E-state index in [2.05, 4.69) is 20.9 Å². The van der Waals surface area contributed by atoms with Crippen LogP contribution in [0.3, 0.4) is 0 Å². The first-order chi connectivity index (χ1) is 11.7. The standard InChI is InChI=1S/C19H17N3OS/c1-13-4-2-5-14(10-13)18(23)21-16-7-9-22-17(16)12-24-19(22)15-6-3-8-20-11-15/h2-11,19H,12H2,1H3,(H,21,23). The smallest absolute Gasteiger partial charge is 0.255 e. The van der Waals surface area contributed by atoms with Gasteiger partial charge in [0.2, 0.25) is 0 Å². The molecule has 1 amide bonds. The van der Waals surface area contributed by atoms with Crippen LogP contribution in [0.25, 0.3) is 0 Å². The Balaban J connectivity index is 1.58. The number of anilines is 1. The number of thioether (sulfide) groups is 1. The summed E-state index contributed by atoms with van der Waals surface area (Å²) in [6, 6.07) is 13.7. The number of hydrogen-bond donors (Lipinski definition) is 1. The number of carbonyl (C=O) groups is 1. The van der Waals surface area contributed by atoms with Crippen LogP contribution in [0.2, 0.25) is 0 Å². The lowest BCUT2D eigenvalue weighted by Gasteiger charge is -2.12. The molecule has 120 valence electrons. The summed E-state index contributed by atoms with van der Waals surface area (Å²) >= 11 is 1.84. The molecule has 0 bridgehead atoms. The molecule has 5 heteroatoms. The predicted octanol–water partition coefficient (Wildman–Crippen LogP) is 4.24. The van der Waals surface area contributed by atoms with Gasteiger partial charge in [-0.05, 0) is 31.2 Å². The first-order valence-electron chi connectivity index (χ1n) is 7.81. The summed E-state index contributed by atoms with van der Waals surface area (Å²) in [5, 5.41) is 3.27. The van der Waals surface area contributed by atoms with Crippen LogP contribution < -0.4 is 5.32 Å². The molecular formula is C19H17N3OS. The molecule has 1 atom stereocenters. The summed E-state index contributed by atoms with van der Waals surface area (Å²) in [5.74, 6) is 0.804. The number of aryl methyl sites for hydroxylation is 1. The van der Waals surface area contributed by atoms with Crippen molar-refractivity contribution in [3.8, 4) is 0 Å². The lowest BCUT2D eigenvalue weighted by atomic mass is 10.1. The van der Waals surface area contributed by atoms with Crippen molar-refractivity contribution in [2.24, 2.45) is 0 Å². The van der Waals surface area contributed by atoms with Gasteiger partial charge >= 0.3 is 0 Å². The highest BCUT2D eigenvalue weighted by Crippen LogP contribution is 2.43. The van der Waals surface area contributed by atoms with Crippen molar-refractivity contribution in [1.82, 2.24) is 9.55 Å². The normalized spacial score (nSPS) is 16.0. The Kier molecular flexibility index (Phi) is 3.86. The minimum atomic E-state index is -0.0671. The van der Waals surface area contributed by atoms with E-state index in [4.69, 9.17) is 0 Å². The number of aromatic nitrogens is 2. The van der Waals surface area contributed by atoms with Gasteiger partial charge in [0.05, 0.1) is 11.4 Å². The van der Waals surface area contributed by atoms with E-state index >= 15 is 0 Å². The van der Waals surface area contributed by atoms with Crippen molar-refractivity contribution in [3.05, 3.63) is 83.4 Å². The molecule has 0 aliphatic carbocycles. The summed E-state index contributed by atoms with van der Waals surface area (Å²) in [5.41, 5.74) is 4.98. The van der Waals surface area contributed by atoms with Crippen molar-refractivity contribution in [2.75, 3.05) is 5.32 Å². The fraction of sp³-hybridized carbons (Fsp3) is 0.158. The maximum atomic E-state index is 12.5. The molecule has 4 rings (SSSR count). The van der Waals surface area contributed by atoms with Gasteiger partial charge in [0.1, 0.15) is 5.37 Å². The van der Waals surface area contributed by atoms with E-state index in [0.29, 0.717) is 5.56 Å². The molecule has 0 fully saturated rings. The molecule has 24 heavy (non-hydrogen) atoms. The largest absolute Gasteiger partial charge is 0.332 e. The number of fused-ring (bicyclic) bond motifs is 1. The molecule has 0 spiro atoms. The van der Waals surface area contributed by atoms with Crippen LogP contribution in [-0.2, 0) is 5.75 Å². The fourth-order valence-electron chi connectivity index (χ4n) is 2.96. The number of pyridine rings is 1. The number of nitrogens with one attached hydrogen (secondary N) is 1. The molecule has 0 radical (unpaired) electrons. The van der Waals surface area contributed by atoms with Gasteiger partial charge in [-0.25, -0.2) is 0 Å². The van der Waals surface area contributed by atoms with E-state index < -0.39 is 0 Å². The highest BCUT2D eigenvalue weighted by molar-refractivity contribution is 7.99. The Hall–Kier alpha value is -2.53. The van der Waals surface area contributed by atoms with Gasteiger partial charge in [0.15, 0.2) is 0 Å². The third kappa shape index (κ3) is 2.71. The van der Waals surface area contributed by atoms with E-state index in [0.717, 1.165) is 22.7 Å². The Labute approximate surface area is 144 Å². The van der Waals surface area contributed by atoms with Crippen LogP contribution in [0.5, 0.6) is 0 Å². The number of rotatable bonds is 3. The molecule has 2 aromatic heterocycles. The molecular weight excluding hydrogens is 318 g/mol. The average molecular weight is 335 g/mol. The van der Waals surface area contributed by atoms with Crippen LogP contribution in [-0.4, -0.2) is 15.5 Å². The van der Waals surface area contributed by atoms with Crippen molar-refractivity contribution in [3.63, 3.8) is 0 Å². The Morgan fingerprint density at radius 1 is 1.29 bits per heavy atom. The van der Waals surface area contributed by atoms with E-state index in [9.17, 15) is 4.79 Å². The summed E-state index contributed by atoms with van der Waals surface area (Å²) < 4.78 is 2.22. The lowest BCUT2D eigenvalue weighted by Crippen LogP contribution is -2.12. The highest BCUT2D eigenvalue weighted by atomic mass is 32.2. The third-order valence-electron chi connectivity index (χ3n) is 4.15. The van der Waals surface area contributed by atoms with Crippen molar-refractivity contribution < 1.29 is 4.79 Å². The maximum absolute atomic E-state index is 12.5. The molecule has 1 aromatic carbocycles. The number of benzene rings is 1. The molecule has 1 aliphatic rings. The van der Waals surface area contributed by atoms with Gasteiger partial charge in [-0.1, -0.05) is 23.8 Å². The average Bonchev–Trinajstić information content (AvgIpc) is 3.19. The second-order valence-electron chi connectivity index (χ2n) is 5.86. The second kappa shape index (κ2) is 6.17. The molecule has 0 saturated heterocycles. The van der Waals surface area contributed by atoms with Gasteiger partial charge in [-0.15, -0.1) is 11.8 Å². The maximum Gasteiger partial charge on any atom is 0.255 e. The zero-order chi connectivity index (χ0) is 16.5. The number of carbonyl (C=O) groups excluding carboxylic acids is 1. The Morgan fingerprint density at radius 3 is 3.00 bits per heavy atom. The van der Waals surface area contributed by atoms with Crippen LogP contribution in [0.4, 0.5) is 5.69 Å². The fourth-order valence-corrected chi connectivity index (χ4v) is 4.27. The molecule has 3 aromatic rings. The quantitative estimate of drug-likeness (QED) is 0.779. The van der Waals surface area contributed by atoms with Crippen LogP contribution in [0.1, 0.15) is 32.6 Å². The van der Waals surface area contributed by atoms with Crippen molar-refractivity contribution in [1.29, 1.82) is 0 Å². The van der Waals surface area contributed by atoms with Crippen molar-refractivity contribution >= 4 is 23.4 Å². The molecule has 3 heterocycles. The summed E-state index contributed by atoms with van der Waals surface area (Å²) in [6.45, 7) is 1.99. The van der Waals surface area contributed by atoms with Gasteiger partial charge in [0.25, 0.3) is 5.91 Å². The lowest BCUT2D eigenvalue weighted by molar-refractivity contribution is 0.102. The Bertz CT molecular complexity index is 889. The van der Waals surface area contributed by atoms with Gasteiger partial charge < -0.3 is 9.88 Å². The summed E-state index contributed by atoms with van der Waals surface area (Å²) in [6.07, 6.45) is 5.73. The van der Waals surface area contributed by atoms with Crippen molar-refractivity contribution in [2.45, 2.75) is 18.1 Å². The van der Waals surface area contributed by atoms with E-state index in [1.54, 1.807) is 6.20 Å². The van der Waals surface area contributed by atoms with Gasteiger partial charge in [0, 0.05) is 35.5 Å². The first-order valence-corrected chi connectivity index (χ1v) is 8.86. The van der Waals surface area contributed by atoms with E-state index in [1.807, 2.05) is 67.5 Å². The van der Waals surface area contributed by atoms with E-state index in [-0.39, 0.29) is 11.3 Å². The Morgan fingerprint density at radius 2 is 2.21 bits per heavy atom. The molecule has 1 N–H and O–H groups in total. The molecule has 0 saturated carbocycles. The number of hydrogen-bond acceptors (Lipinski definition) is 3. The molecule has 1 unspecified atom stereocenters.